The molecule has 2 aromatic rings. The van der Waals surface area contributed by atoms with Crippen molar-refractivity contribution >= 4 is 42.9 Å². The van der Waals surface area contributed by atoms with E-state index in [9.17, 15) is 23.7 Å². The second-order valence-electron chi connectivity index (χ2n) is 8.92. The van der Waals surface area contributed by atoms with Crippen LogP contribution in [-0.4, -0.2) is 56.3 Å². The number of aromatic amines is 1. The molecule has 0 spiro atoms. The van der Waals surface area contributed by atoms with E-state index in [-0.39, 0.29) is 10.7 Å². The minimum atomic E-state index is -2.68. The van der Waals surface area contributed by atoms with Crippen molar-refractivity contribution in [2.45, 2.75) is 68.1 Å². The monoisotopic (exact) mass is 696 g/mol. The molecule has 3 rings (SSSR count). The predicted octanol–water partition coefficient (Wildman–Crippen LogP) is 3.25. The fraction of sp³-hybridized carbons (Fsp3) is 0.500. The van der Waals surface area contributed by atoms with E-state index in [4.69, 9.17) is 23.5 Å². The molecule has 16 heteroatoms. The fourth-order valence-electron chi connectivity index (χ4n) is 3.70. The quantitative estimate of drug-likeness (QED) is 0.145. The van der Waals surface area contributed by atoms with Crippen molar-refractivity contribution < 1.29 is 42.0 Å². The number of benzene rings is 1. The average molecular weight is 696 g/mol. The number of nitrogens with one attached hydrogen (secondary N) is 2. The minimum absolute atomic E-state index is 0.153. The first kappa shape index (κ1) is 31.8. The molecule has 2 heterocycles. The Kier molecular flexibility index (Phi) is 11.3. The molecule has 1 aromatic heterocycles. The van der Waals surface area contributed by atoms with Crippen LogP contribution in [0.15, 0.2) is 52.2 Å². The Bertz CT molecular complexity index is 1310. The van der Waals surface area contributed by atoms with Crippen molar-refractivity contribution in [3.05, 3.63) is 69.0 Å². The van der Waals surface area contributed by atoms with E-state index in [0.29, 0.717) is 12.0 Å². The number of hydrogen-bond donors (Lipinski definition) is 2. The first-order valence-corrected chi connectivity index (χ1v) is 14.6. The summed E-state index contributed by atoms with van der Waals surface area (Å²) < 4.78 is 55.6. The van der Waals surface area contributed by atoms with Gasteiger partial charge in [-0.1, -0.05) is 42.3 Å². The number of halogens is 2. The fourth-order valence-corrected chi connectivity index (χ4v) is 4.73. The van der Waals surface area contributed by atoms with Gasteiger partial charge in [-0.05, 0) is 53.0 Å². The normalized spacial score (nSPS) is 24.1. The number of esters is 1. The van der Waals surface area contributed by atoms with Gasteiger partial charge in [0.25, 0.3) is 5.56 Å². The third kappa shape index (κ3) is 8.39. The third-order valence-corrected chi connectivity index (χ3v) is 7.90. The summed E-state index contributed by atoms with van der Waals surface area (Å²) in [5, 5.41) is 2.44. The lowest BCUT2D eigenvalue weighted by Crippen LogP contribution is -2.46. The number of alkyl halides is 2. The largest absolute Gasteiger partial charge is 0.613 e. The van der Waals surface area contributed by atoms with Gasteiger partial charge in [0, 0.05) is 12.3 Å². The molecule has 1 aromatic carbocycles. The number of nitrogens with zero attached hydrogens (tertiary/aromatic N) is 1. The van der Waals surface area contributed by atoms with Gasteiger partial charge in [-0.15, -0.1) is 4.52 Å². The molecule has 0 aliphatic carbocycles. The lowest BCUT2D eigenvalue weighted by Gasteiger charge is -2.27. The van der Waals surface area contributed by atoms with Gasteiger partial charge in [-0.3, -0.25) is 19.1 Å². The van der Waals surface area contributed by atoms with E-state index >= 15 is 4.39 Å². The molecule has 13 nitrogen and oxygen atoms in total. The molecule has 0 amide bonds. The van der Waals surface area contributed by atoms with Crippen LogP contribution in [0.4, 0.5) is 9.18 Å². The zero-order chi connectivity index (χ0) is 29.4. The standard InChI is InChI=1S/C24H28FIN3O10P/c1-4-17(26)38-20(31)14(2)28-40(34)36-13-16-19(39-23(33)35-12-15-8-6-5-7-9-15)24(3,25)21(37-16)29-11-10-18(30)27-22(29)32/h5-11,14,16-17,19,21H,4,12-13H2,1-3H3,(H-,27,28,30,32,34)/p+1/t14-,16+,17?,19+,21+,24+/m0/s1. The lowest BCUT2D eigenvalue weighted by atomic mass is 9.98. The van der Waals surface area contributed by atoms with E-state index < -0.39 is 68.3 Å². The van der Waals surface area contributed by atoms with Gasteiger partial charge in [0.2, 0.25) is 0 Å². The summed E-state index contributed by atoms with van der Waals surface area (Å²) in [5.74, 6) is -0.651. The molecular weight excluding hydrogens is 667 g/mol. The molecule has 2 N–H and O–H groups in total. The number of hydrogen-bond acceptors (Lipinski definition) is 10. The van der Waals surface area contributed by atoms with E-state index in [1.807, 2.05) is 34.5 Å². The van der Waals surface area contributed by atoms with Crippen LogP contribution in [0.1, 0.15) is 39.0 Å². The summed E-state index contributed by atoms with van der Waals surface area (Å²) in [6.07, 6.45) is -4.32. The summed E-state index contributed by atoms with van der Waals surface area (Å²) >= 11 is 1.94. The van der Waals surface area contributed by atoms with Gasteiger partial charge >= 0.3 is 26.0 Å². The van der Waals surface area contributed by atoms with Gasteiger partial charge in [-0.25, -0.2) is 14.0 Å². The second-order valence-corrected chi connectivity index (χ2v) is 11.3. The molecule has 1 saturated heterocycles. The van der Waals surface area contributed by atoms with Crippen LogP contribution in [0.3, 0.4) is 0 Å². The topological polar surface area (TPSA) is 164 Å². The molecular formula is C24H29FIN3O10P+. The highest BCUT2D eigenvalue weighted by Crippen LogP contribution is 2.43. The van der Waals surface area contributed by atoms with Crippen LogP contribution in [0.5, 0.6) is 0 Å². The summed E-state index contributed by atoms with van der Waals surface area (Å²) in [6, 6.07) is 8.70. The molecule has 1 fully saturated rings. The van der Waals surface area contributed by atoms with Crippen molar-refractivity contribution in [2.24, 2.45) is 0 Å². The SMILES string of the molecule is CCC(I)OC(=O)[C@H](C)N[P+](=O)OC[C@H]1O[C@@H](n2ccc(=O)[nH]c2=O)[C@](C)(F)[C@@H]1OC(=O)OCc1ccccc1. The van der Waals surface area contributed by atoms with E-state index in [2.05, 4.69) is 5.09 Å². The molecule has 2 unspecified atom stereocenters. The summed E-state index contributed by atoms with van der Waals surface area (Å²) in [6.45, 7) is 3.57. The summed E-state index contributed by atoms with van der Waals surface area (Å²) in [7, 11) is -2.68. The maximum atomic E-state index is 16.2. The van der Waals surface area contributed by atoms with Crippen LogP contribution >= 0.6 is 30.8 Å². The van der Waals surface area contributed by atoms with Crippen molar-refractivity contribution in [3.8, 4) is 0 Å². The van der Waals surface area contributed by atoms with Gasteiger partial charge in [0.1, 0.15) is 25.4 Å². The average Bonchev–Trinajstić information content (AvgIpc) is 3.15. The number of H-pyrrole nitrogens is 1. The van der Waals surface area contributed by atoms with Gasteiger partial charge in [-0.2, -0.15) is 0 Å². The Morgan fingerprint density at radius 3 is 2.62 bits per heavy atom. The molecule has 218 valence electrons. The molecule has 7 atom stereocenters. The summed E-state index contributed by atoms with van der Waals surface area (Å²) in [4.78, 5) is 50.4. The highest BCUT2D eigenvalue weighted by Gasteiger charge is 2.59. The van der Waals surface area contributed by atoms with Crippen LogP contribution in [0.2, 0.25) is 0 Å². The van der Waals surface area contributed by atoms with E-state index in [1.54, 1.807) is 30.3 Å². The maximum absolute atomic E-state index is 16.2. The molecule has 40 heavy (non-hydrogen) atoms. The Hall–Kier alpha value is -2.72. The number of rotatable bonds is 12. The number of carbonyl (C=O) groups excluding carboxylic acids is 2. The van der Waals surface area contributed by atoms with Crippen LogP contribution in [-0.2, 0) is 39.4 Å². The first-order chi connectivity index (χ1) is 18.9. The van der Waals surface area contributed by atoms with Crippen LogP contribution in [0.25, 0.3) is 0 Å². The van der Waals surface area contributed by atoms with Crippen LogP contribution in [0, 0.1) is 0 Å². The lowest BCUT2D eigenvalue weighted by molar-refractivity contribution is -0.146. The van der Waals surface area contributed by atoms with E-state index in [0.717, 1.165) is 23.8 Å². The Balaban J connectivity index is 1.72. The molecule has 1 aliphatic rings. The van der Waals surface area contributed by atoms with E-state index in [1.165, 1.54) is 6.92 Å². The number of ether oxygens (including phenoxy) is 4. The Labute approximate surface area is 242 Å². The molecule has 1 aliphatic heterocycles. The second kappa shape index (κ2) is 14.3. The van der Waals surface area contributed by atoms with Crippen LogP contribution < -0.4 is 16.3 Å². The molecule has 0 saturated carbocycles. The zero-order valence-corrected chi connectivity index (χ0v) is 24.8. The Morgan fingerprint density at radius 2 is 1.98 bits per heavy atom. The van der Waals surface area contributed by atoms with Crippen molar-refractivity contribution in [3.63, 3.8) is 0 Å². The van der Waals surface area contributed by atoms with Crippen molar-refractivity contribution in [2.75, 3.05) is 6.61 Å². The number of aromatic nitrogens is 2. The van der Waals surface area contributed by atoms with Crippen molar-refractivity contribution in [1.29, 1.82) is 0 Å². The molecule has 0 bridgehead atoms. The summed E-state index contributed by atoms with van der Waals surface area (Å²) in [5.41, 5.74) is -3.55. The first-order valence-electron chi connectivity index (χ1n) is 12.2. The highest BCUT2D eigenvalue weighted by molar-refractivity contribution is 14.1. The molecule has 0 radical (unpaired) electrons. The highest BCUT2D eigenvalue weighted by atomic mass is 127. The smallest absolute Gasteiger partial charge is 0.450 e. The van der Waals surface area contributed by atoms with Gasteiger partial charge in [0.15, 0.2) is 22.1 Å². The van der Waals surface area contributed by atoms with Crippen molar-refractivity contribution in [1.82, 2.24) is 14.6 Å². The predicted molar refractivity (Wildman–Crippen MR) is 147 cm³/mol. The maximum Gasteiger partial charge on any atom is 0.613 e. The van der Waals surface area contributed by atoms with Gasteiger partial charge in [0.05, 0.1) is 0 Å². The Morgan fingerprint density at radius 1 is 1.27 bits per heavy atom. The number of carbonyl (C=O) groups is 2. The zero-order valence-electron chi connectivity index (χ0n) is 21.8. The van der Waals surface area contributed by atoms with Gasteiger partial charge < -0.3 is 18.9 Å². The third-order valence-electron chi connectivity index (χ3n) is 5.78. The minimum Gasteiger partial charge on any atom is -0.450 e.